The summed E-state index contributed by atoms with van der Waals surface area (Å²) < 4.78 is 6.82. The van der Waals surface area contributed by atoms with Crippen LogP contribution in [0.25, 0.3) is 11.3 Å². The second-order valence-corrected chi connectivity index (χ2v) is 5.61. The second-order valence-electron chi connectivity index (χ2n) is 4.35. The average molecular weight is 343 g/mol. The van der Waals surface area contributed by atoms with Crippen LogP contribution in [0.15, 0.2) is 39.2 Å². The molecule has 0 aliphatic carbocycles. The molecule has 1 unspecified atom stereocenters. The number of benzene rings is 1. The first-order chi connectivity index (χ1) is 9.15. The topological polar surface area (TPSA) is 25.2 Å². The van der Waals surface area contributed by atoms with Gasteiger partial charge in [0.1, 0.15) is 11.5 Å². The Morgan fingerprint density at radius 3 is 2.68 bits per heavy atom. The molecule has 2 rings (SSSR count). The molecule has 1 aromatic heterocycles. The molecule has 0 saturated carbocycles. The Morgan fingerprint density at radius 1 is 1.26 bits per heavy atom. The molecule has 0 bridgehead atoms. The normalized spacial score (nSPS) is 12.6. The van der Waals surface area contributed by atoms with E-state index in [9.17, 15) is 0 Å². The zero-order chi connectivity index (χ0) is 13.8. The minimum absolute atomic E-state index is 0.273. The summed E-state index contributed by atoms with van der Waals surface area (Å²) in [6.07, 6.45) is 1.01. The third-order valence-corrected chi connectivity index (χ3v) is 4.25. The van der Waals surface area contributed by atoms with Crippen LogP contribution in [-0.4, -0.2) is 6.54 Å². The molecular formula is C15H17BrClNO. The van der Waals surface area contributed by atoms with Gasteiger partial charge in [-0.05, 0) is 59.2 Å². The summed E-state index contributed by atoms with van der Waals surface area (Å²) in [7, 11) is 0. The van der Waals surface area contributed by atoms with Crippen molar-refractivity contribution in [1.82, 2.24) is 5.32 Å². The molecule has 2 aromatic rings. The monoisotopic (exact) mass is 341 g/mol. The summed E-state index contributed by atoms with van der Waals surface area (Å²) >= 11 is 9.43. The fraction of sp³-hybridized carbons (Fsp3) is 0.333. The maximum absolute atomic E-state index is 6.00. The fourth-order valence-electron chi connectivity index (χ4n) is 2.04. The van der Waals surface area contributed by atoms with Crippen LogP contribution < -0.4 is 5.32 Å². The molecule has 0 aliphatic heterocycles. The van der Waals surface area contributed by atoms with Gasteiger partial charge in [0.25, 0.3) is 0 Å². The number of rotatable bonds is 5. The van der Waals surface area contributed by atoms with E-state index in [2.05, 4.69) is 35.1 Å². The Hall–Kier alpha value is -0.770. The number of nitrogens with one attached hydrogen (secondary N) is 1. The van der Waals surface area contributed by atoms with Crippen molar-refractivity contribution in [3.05, 3.63) is 45.6 Å². The number of halogens is 2. The van der Waals surface area contributed by atoms with Gasteiger partial charge in [0.05, 0.1) is 11.1 Å². The Kier molecular flexibility index (Phi) is 5.08. The molecule has 1 N–H and O–H groups in total. The van der Waals surface area contributed by atoms with Crippen LogP contribution >= 0.6 is 27.5 Å². The van der Waals surface area contributed by atoms with Crippen LogP contribution in [0.1, 0.15) is 32.1 Å². The molecule has 1 atom stereocenters. The quantitative estimate of drug-likeness (QED) is 0.784. The minimum atomic E-state index is 0.273. The van der Waals surface area contributed by atoms with Gasteiger partial charge in [-0.15, -0.1) is 0 Å². The van der Waals surface area contributed by atoms with Crippen molar-refractivity contribution >= 4 is 27.5 Å². The summed E-state index contributed by atoms with van der Waals surface area (Å²) in [5.74, 6) is 1.84. The molecule has 0 spiro atoms. The predicted octanol–water partition coefficient (Wildman–Crippen LogP) is 5.42. The lowest BCUT2D eigenvalue weighted by molar-refractivity contribution is 0.417. The molecule has 1 heterocycles. The summed E-state index contributed by atoms with van der Waals surface area (Å²) in [6, 6.07) is 10.1. The van der Waals surface area contributed by atoms with Gasteiger partial charge >= 0.3 is 0 Å². The number of furan rings is 1. The lowest BCUT2D eigenvalue weighted by Gasteiger charge is -2.12. The lowest BCUT2D eigenvalue weighted by atomic mass is 10.1. The van der Waals surface area contributed by atoms with Gasteiger partial charge < -0.3 is 9.73 Å². The Bertz CT molecular complexity index is 553. The molecule has 0 fully saturated rings. The molecule has 0 saturated heterocycles. The third-order valence-electron chi connectivity index (χ3n) is 3.03. The van der Waals surface area contributed by atoms with E-state index in [1.54, 1.807) is 0 Å². The van der Waals surface area contributed by atoms with Crippen molar-refractivity contribution in [3.63, 3.8) is 0 Å². The molecule has 19 heavy (non-hydrogen) atoms. The summed E-state index contributed by atoms with van der Waals surface area (Å²) in [4.78, 5) is 0. The van der Waals surface area contributed by atoms with Crippen molar-refractivity contribution < 1.29 is 4.42 Å². The lowest BCUT2D eigenvalue weighted by Crippen LogP contribution is -2.19. The summed E-state index contributed by atoms with van der Waals surface area (Å²) in [6.45, 7) is 5.18. The van der Waals surface area contributed by atoms with E-state index in [-0.39, 0.29) is 6.04 Å². The standard InChI is InChI=1S/C15H17BrClNO/c1-3-13(18-4-2)15-8-7-14(19-15)10-5-6-12(17)11(16)9-10/h5-9,13,18H,3-4H2,1-2H3. The highest BCUT2D eigenvalue weighted by molar-refractivity contribution is 9.10. The van der Waals surface area contributed by atoms with Crippen molar-refractivity contribution in [2.24, 2.45) is 0 Å². The maximum Gasteiger partial charge on any atom is 0.134 e. The first-order valence-corrected chi connectivity index (χ1v) is 7.61. The molecule has 102 valence electrons. The average Bonchev–Trinajstić information content (AvgIpc) is 2.88. The number of hydrogen-bond acceptors (Lipinski definition) is 2. The zero-order valence-electron chi connectivity index (χ0n) is 11.0. The minimum Gasteiger partial charge on any atom is -0.459 e. The molecule has 0 aliphatic rings. The van der Waals surface area contributed by atoms with Gasteiger partial charge in [-0.1, -0.05) is 25.4 Å². The van der Waals surface area contributed by atoms with E-state index in [1.165, 1.54) is 0 Å². The van der Waals surface area contributed by atoms with Gasteiger partial charge in [-0.25, -0.2) is 0 Å². The van der Waals surface area contributed by atoms with Crippen LogP contribution in [0, 0.1) is 0 Å². The van der Waals surface area contributed by atoms with E-state index >= 15 is 0 Å². The van der Waals surface area contributed by atoms with Crippen LogP contribution in [-0.2, 0) is 0 Å². The molecule has 0 radical (unpaired) electrons. The highest BCUT2D eigenvalue weighted by atomic mass is 79.9. The maximum atomic E-state index is 6.00. The van der Waals surface area contributed by atoms with Gasteiger partial charge in [0.15, 0.2) is 0 Å². The van der Waals surface area contributed by atoms with E-state index in [0.717, 1.165) is 34.5 Å². The van der Waals surface area contributed by atoms with Crippen LogP contribution in [0.3, 0.4) is 0 Å². The SMILES string of the molecule is CCNC(CC)c1ccc(-c2ccc(Cl)c(Br)c2)o1. The fourth-order valence-corrected chi connectivity index (χ4v) is 2.53. The van der Waals surface area contributed by atoms with Gasteiger partial charge in [-0.3, -0.25) is 0 Å². The largest absolute Gasteiger partial charge is 0.459 e. The Balaban J connectivity index is 2.27. The third kappa shape index (κ3) is 3.41. The molecule has 1 aromatic carbocycles. The highest BCUT2D eigenvalue weighted by Gasteiger charge is 2.13. The Morgan fingerprint density at radius 2 is 2.05 bits per heavy atom. The van der Waals surface area contributed by atoms with E-state index < -0.39 is 0 Å². The first kappa shape index (κ1) is 14.6. The second kappa shape index (κ2) is 6.60. The van der Waals surface area contributed by atoms with Crippen LogP contribution in [0.4, 0.5) is 0 Å². The van der Waals surface area contributed by atoms with Gasteiger partial charge in [0, 0.05) is 10.0 Å². The number of hydrogen-bond donors (Lipinski definition) is 1. The van der Waals surface area contributed by atoms with Crippen molar-refractivity contribution in [2.75, 3.05) is 6.54 Å². The highest BCUT2D eigenvalue weighted by Crippen LogP contribution is 2.31. The van der Waals surface area contributed by atoms with Crippen molar-refractivity contribution in [1.29, 1.82) is 0 Å². The molecule has 2 nitrogen and oxygen atoms in total. The van der Waals surface area contributed by atoms with Crippen molar-refractivity contribution in [3.8, 4) is 11.3 Å². The first-order valence-electron chi connectivity index (χ1n) is 6.44. The Labute approximate surface area is 127 Å². The van der Waals surface area contributed by atoms with Gasteiger partial charge in [-0.2, -0.15) is 0 Å². The van der Waals surface area contributed by atoms with Crippen LogP contribution in [0.5, 0.6) is 0 Å². The van der Waals surface area contributed by atoms with Crippen LogP contribution in [0.2, 0.25) is 5.02 Å². The van der Waals surface area contributed by atoms with Gasteiger partial charge in [0.2, 0.25) is 0 Å². The predicted molar refractivity (Wildman–Crippen MR) is 83.6 cm³/mol. The summed E-state index contributed by atoms with van der Waals surface area (Å²) in [5, 5.41) is 4.11. The zero-order valence-corrected chi connectivity index (χ0v) is 13.4. The molecular weight excluding hydrogens is 326 g/mol. The summed E-state index contributed by atoms with van der Waals surface area (Å²) in [5.41, 5.74) is 1.02. The van der Waals surface area contributed by atoms with E-state index in [1.807, 2.05) is 30.3 Å². The molecule has 0 amide bonds. The van der Waals surface area contributed by atoms with E-state index in [0.29, 0.717) is 5.02 Å². The smallest absolute Gasteiger partial charge is 0.134 e. The molecule has 4 heteroatoms. The van der Waals surface area contributed by atoms with Crippen molar-refractivity contribution in [2.45, 2.75) is 26.3 Å². The van der Waals surface area contributed by atoms with E-state index in [4.69, 9.17) is 16.0 Å².